The summed E-state index contributed by atoms with van der Waals surface area (Å²) < 4.78 is 0. The molecule has 4 rings (SSSR count). The summed E-state index contributed by atoms with van der Waals surface area (Å²) in [4.78, 5) is 25.8. The molecule has 0 radical (unpaired) electrons. The summed E-state index contributed by atoms with van der Waals surface area (Å²) in [5.74, 6) is 0.398. The Kier molecular flexibility index (Phi) is 4.52. The largest absolute Gasteiger partial charge is 0.341 e. The van der Waals surface area contributed by atoms with Crippen LogP contribution in [0.3, 0.4) is 0 Å². The van der Waals surface area contributed by atoms with Gasteiger partial charge in [0.25, 0.3) is 5.91 Å². The van der Waals surface area contributed by atoms with Gasteiger partial charge in [-0.25, -0.2) is 9.97 Å². The van der Waals surface area contributed by atoms with E-state index in [0.29, 0.717) is 17.5 Å². The van der Waals surface area contributed by atoms with E-state index in [1.54, 1.807) is 4.90 Å². The van der Waals surface area contributed by atoms with E-state index in [1.165, 1.54) is 6.20 Å². The van der Waals surface area contributed by atoms with Crippen molar-refractivity contribution in [1.29, 1.82) is 0 Å². The standard InChI is InChI=1S/C18H18Cl2N4O/c19-13-5-6-15-12(10-13)4-3-9-24(15)17(25)16-14(20)11-21-18(22-16)23-7-1-2-8-23/h5-6,10-11H,1-4,7-9H2. The van der Waals surface area contributed by atoms with Gasteiger partial charge in [0.2, 0.25) is 5.95 Å². The number of carbonyl (C=O) groups is 1. The number of amides is 1. The maximum atomic E-state index is 13.1. The number of hydrogen-bond donors (Lipinski definition) is 0. The van der Waals surface area contributed by atoms with Gasteiger partial charge in [0, 0.05) is 30.3 Å². The predicted molar refractivity (Wildman–Crippen MR) is 99.9 cm³/mol. The number of nitrogens with zero attached hydrogens (tertiary/aromatic N) is 4. The van der Waals surface area contributed by atoms with Gasteiger partial charge in [-0.1, -0.05) is 23.2 Å². The first-order chi connectivity index (χ1) is 12.1. The number of hydrogen-bond acceptors (Lipinski definition) is 4. The van der Waals surface area contributed by atoms with E-state index in [2.05, 4.69) is 14.9 Å². The van der Waals surface area contributed by atoms with Crippen molar-refractivity contribution in [3.05, 3.63) is 45.7 Å². The van der Waals surface area contributed by atoms with Crippen LogP contribution >= 0.6 is 23.2 Å². The molecule has 1 amide bonds. The Morgan fingerprint density at radius 3 is 2.68 bits per heavy atom. The minimum Gasteiger partial charge on any atom is -0.341 e. The molecule has 0 atom stereocenters. The maximum absolute atomic E-state index is 13.1. The molecule has 0 bridgehead atoms. The van der Waals surface area contributed by atoms with Crippen molar-refractivity contribution in [1.82, 2.24) is 9.97 Å². The lowest BCUT2D eigenvalue weighted by atomic mass is 10.0. The van der Waals surface area contributed by atoms with Crippen molar-refractivity contribution in [3.8, 4) is 0 Å². The average Bonchev–Trinajstić information content (AvgIpc) is 3.15. The second-order valence-corrected chi connectivity index (χ2v) is 7.24. The molecule has 0 aliphatic carbocycles. The molecule has 3 heterocycles. The quantitative estimate of drug-likeness (QED) is 0.795. The molecule has 1 saturated heterocycles. The SMILES string of the molecule is O=C(c1nc(N2CCCC2)ncc1Cl)N1CCCc2cc(Cl)ccc21. The topological polar surface area (TPSA) is 49.3 Å². The van der Waals surface area contributed by atoms with Crippen LogP contribution in [0, 0.1) is 0 Å². The Balaban J connectivity index is 1.69. The Hall–Kier alpha value is -1.85. The zero-order chi connectivity index (χ0) is 17.4. The predicted octanol–water partition coefficient (Wildman–Crippen LogP) is 3.98. The van der Waals surface area contributed by atoms with Crippen LogP contribution in [0.5, 0.6) is 0 Å². The van der Waals surface area contributed by atoms with Crippen molar-refractivity contribution in [3.63, 3.8) is 0 Å². The number of aryl methyl sites for hydroxylation is 1. The smallest absolute Gasteiger partial charge is 0.278 e. The van der Waals surface area contributed by atoms with E-state index in [-0.39, 0.29) is 16.6 Å². The summed E-state index contributed by atoms with van der Waals surface area (Å²) in [5.41, 5.74) is 2.23. The van der Waals surface area contributed by atoms with Crippen molar-refractivity contribution >= 4 is 40.7 Å². The first-order valence-corrected chi connectivity index (χ1v) is 9.27. The number of benzene rings is 1. The first-order valence-electron chi connectivity index (χ1n) is 8.51. The molecular weight excluding hydrogens is 359 g/mol. The van der Waals surface area contributed by atoms with E-state index in [9.17, 15) is 4.79 Å². The fraction of sp³-hybridized carbons (Fsp3) is 0.389. The highest BCUT2D eigenvalue weighted by atomic mass is 35.5. The van der Waals surface area contributed by atoms with Gasteiger partial charge in [0.1, 0.15) is 0 Å². The fourth-order valence-corrected chi connectivity index (χ4v) is 3.85. The second kappa shape index (κ2) is 6.81. The lowest BCUT2D eigenvalue weighted by Crippen LogP contribution is -2.36. The van der Waals surface area contributed by atoms with E-state index >= 15 is 0 Å². The Labute approximate surface area is 156 Å². The van der Waals surface area contributed by atoms with Crippen LogP contribution in [-0.2, 0) is 6.42 Å². The van der Waals surface area contributed by atoms with Gasteiger partial charge in [-0.05, 0) is 49.4 Å². The second-order valence-electron chi connectivity index (χ2n) is 6.39. The van der Waals surface area contributed by atoms with Gasteiger partial charge in [-0.3, -0.25) is 4.79 Å². The summed E-state index contributed by atoms with van der Waals surface area (Å²) in [6.07, 6.45) is 5.57. The molecule has 2 aliphatic heterocycles. The Bertz CT molecular complexity index is 821. The van der Waals surface area contributed by atoms with Crippen LogP contribution < -0.4 is 9.80 Å². The van der Waals surface area contributed by atoms with E-state index in [0.717, 1.165) is 50.0 Å². The van der Waals surface area contributed by atoms with Crippen molar-refractivity contribution in [2.24, 2.45) is 0 Å². The number of anilines is 2. The first kappa shape index (κ1) is 16.6. The Morgan fingerprint density at radius 2 is 1.88 bits per heavy atom. The van der Waals surface area contributed by atoms with Gasteiger partial charge >= 0.3 is 0 Å². The van der Waals surface area contributed by atoms with E-state index in [1.807, 2.05) is 18.2 Å². The molecule has 2 aromatic rings. The van der Waals surface area contributed by atoms with Crippen LogP contribution in [0.1, 0.15) is 35.3 Å². The van der Waals surface area contributed by atoms with Crippen LogP contribution in [0.15, 0.2) is 24.4 Å². The highest BCUT2D eigenvalue weighted by Gasteiger charge is 2.27. The van der Waals surface area contributed by atoms with Crippen molar-refractivity contribution in [2.45, 2.75) is 25.7 Å². The minimum atomic E-state index is -0.184. The maximum Gasteiger partial charge on any atom is 0.278 e. The fourth-order valence-electron chi connectivity index (χ4n) is 3.48. The zero-order valence-corrected chi connectivity index (χ0v) is 15.2. The summed E-state index contributed by atoms with van der Waals surface area (Å²) in [5, 5.41) is 0.971. The van der Waals surface area contributed by atoms with Gasteiger partial charge in [-0.2, -0.15) is 0 Å². The molecule has 0 N–H and O–H groups in total. The minimum absolute atomic E-state index is 0.184. The highest BCUT2D eigenvalue weighted by Crippen LogP contribution is 2.31. The molecule has 7 heteroatoms. The average molecular weight is 377 g/mol. The molecule has 0 unspecified atom stereocenters. The van der Waals surface area contributed by atoms with Crippen molar-refractivity contribution in [2.75, 3.05) is 29.4 Å². The van der Waals surface area contributed by atoms with Crippen LogP contribution in [0.2, 0.25) is 10.0 Å². The molecule has 5 nitrogen and oxygen atoms in total. The molecular formula is C18H18Cl2N4O. The lowest BCUT2D eigenvalue weighted by molar-refractivity contribution is 0.0980. The Morgan fingerprint density at radius 1 is 1.08 bits per heavy atom. The van der Waals surface area contributed by atoms with E-state index < -0.39 is 0 Å². The zero-order valence-electron chi connectivity index (χ0n) is 13.7. The number of aromatic nitrogens is 2. The monoisotopic (exact) mass is 376 g/mol. The highest BCUT2D eigenvalue weighted by molar-refractivity contribution is 6.34. The summed E-state index contributed by atoms with van der Waals surface area (Å²) in [6.45, 7) is 2.48. The van der Waals surface area contributed by atoms with Crippen LogP contribution in [0.25, 0.3) is 0 Å². The summed E-state index contributed by atoms with van der Waals surface area (Å²) in [7, 11) is 0. The third-order valence-corrected chi connectivity index (χ3v) is 5.24. The molecule has 1 aromatic heterocycles. The summed E-state index contributed by atoms with van der Waals surface area (Å²) >= 11 is 12.3. The number of halogens is 2. The van der Waals surface area contributed by atoms with Crippen LogP contribution in [-0.4, -0.2) is 35.5 Å². The summed E-state index contributed by atoms with van der Waals surface area (Å²) in [6, 6.07) is 5.63. The molecule has 25 heavy (non-hydrogen) atoms. The lowest BCUT2D eigenvalue weighted by Gasteiger charge is -2.29. The molecule has 130 valence electrons. The normalized spacial score (nSPS) is 16.9. The van der Waals surface area contributed by atoms with Gasteiger partial charge in [0.15, 0.2) is 5.69 Å². The van der Waals surface area contributed by atoms with Gasteiger partial charge < -0.3 is 9.80 Å². The molecule has 0 spiro atoms. The third-order valence-electron chi connectivity index (χ3n) is 4.73. The number of rotatable bonds is 2. The van der Waals surface area contributed by atoms with E-state index in [4.69, 9.17) is 23.2 Å². The molecule has 1 aromatic carbocycles. The van der Waals surface area contributed by atoms with Crippen LogP contribution in [0.4, 0.5) is 11.6 Å². The number of fused-ring (bicyclic) bond motifs is 1. The molecule has 0 saturated carbocycles. The van der Waals surface area contributed by atoms with Crippen molar-refractivity contribution < 1.29 is 4.79 Å². The molecule has 2 aliphatic rings. The third kappa shape index (κ3) is 3.18. The van der Waals surface area contributed by atoms with Gasteiger partial charge in [0.05, 0.1) is 11.2 Å². The number of carbonyl (C=O) groups excluding carboxylic acids is 1. The molecule has 1 fully saturated rings. The van der Waals surface area contributed by atoms with Gasteiger partial charge in [-0.15, -0.1) is 0 Å².